The van der Waals surface area contributed by atoms with Gasteiger partial charge in [0.1, 0.15) is 0 Å². The summed E-state index contributed by atoms with van der Waals surface area (Å²) in [7, 11) is 1.64. The molecule has 36 heavy (non-hydrogen) atoms. The topological polar surface area (TPSA) is 69.0 Å². The molecule has 0 aliphatic heterocycles. The predicted octanol–water partition coefficient (Wildman–Crippen LogP) is 5.23. The maximum Gasteiger partial charge on any atom is 0.227 e. The van der Waals surface area contributed by atoms with Gasteiger partial charge in [0.15, 0.2) is 11.5 Å². The summed E-state index contributed by atoms with van der Waals surface area (Å²) in [6.07, 6.45) is 1.93. The second-order valence-electron chi connectivity index (χ2n) is 10.1. The van der Waals surface area contributed by atoms with Crippen molar-refractivity contribution in [3.8, 4) is 23.1 Å². The van der Waals surface area contributed by atoms with Gasteiger partial charge in [-0.1, -0.05) is 44.2 Å². The molecule has 1 unspecified atom stereocenters. The Morgan fingerprint density at radius 2 is 1.72 bits per heavy atom. The standard InChI is InChI=1S/C29H39N3O4/c1-21(2)19-35-20-25(33)17-31(16-23-14-15-23)18-26-22(3)30-32(24-10-6-5-7-11-24)29(26)36-28-13-9-8-12-27(28)34-4/h5-13,21,23,25,33H,14-20H2,1-4H3. The number of methoxy groups -OCH3 is 1. The molecular weight excluding hydrogens is 454 g/mol. The molecule has 0 spiro atoms. The third kappa shape index (κ3) is 7.09. The lowest BCUT2D eigenvalue weighted by molar-refractivity contribution is 0.00609. The van der Waals surface area contributed by atoms with Gasteiger partial charge in [-0.05, 0) is 55.9 Å². The Morgan fingerprint density at radius 1 is 1.03 bits per heavy atom. The van der Waals surface area contributed by atoms with E-state index in [0.717, 1.165) is 23.5 Å². The Kier molecular flexibility index (Phi) is 9.02. The van der Waals surface area contributed by atoms with Gasteiger partial charge in [-0.3, -0.25) is 4.90 Å². The summed E-state index contributed by atoms with van der Waals surface area (Å²) in [4.78, 5) is 2.31. The highest BCUT2D eigenvalue weighted by atomic mass is 16.5. The molecule has 1 aliphatic rings. The zero-order chi connectivity index (χ0) is 25.5. The number of hydrogen-bond donors (Lipinski definition) is 1. The van der Waals surface area contributed by atoms with Crippen LogP contribution in [0.2, 0.25) is 0 Å². The first-order valence-electron chi connectivity index (χ1n) is 12.9. The van der Waals surface area contributed by atoms with E-state index in [0.29, 0.717) is 55.5 Å². The highest BCUT2D eigenvalue weighted by Gasteiger charge is 2.28. The minimum Gasteiger partial charge on any atom is -0.493 e. The summed E-state index contributed by atoms with van der Waals surface area (Å²) in [5.41, 5.74) is 2.82. The second-order valence-corrected chi connectivity index (χ2v) is 10.1. The van der Waals surface area contributed by atoms with Gasteiger partial charge in [0.25, 0.3) is 0 Å². The third-order valence-corrected chi connectivity index (χ3v) is 6.24. The van der Waals surface area contributed by atoms with Crippen molar-refractivity contribution in [1.29, 1.82) is 0 Å². The fraction of sp³-hybridized carbons (Fsp3) is 0.483. The van der Waals surface area contributed by atoms with Crippen molar-refractivity contribution in [2.24, 2.45) is 11.8 Å². The Bertz CT molecular complexity index is 1100. The van der Waals surface area contributed by atoms with Crippen LogP contribution in [-0.4, -0.2) is 59.3 Å². The molecule has 1 aromatic heterocycles. The first-order valence-corrected chi connectivity index (χ1v) is 12.9. The largest absolute Gasteiger partial charge is 0.493 e. The number of aromatic nitrogens is 2. The summed E-state index contributed by atoms with van der Waals surface area (Å²) in [6, 6.07) is 17.6. The summed E-state index contributed by atoms with van der Waals surface area (Å²) in [5.74, 6) is 3.08. The van der Waals surface area contributed by atoms with Crippen LogP contribution in [0.15, 0.2) is 54.6 Å². The molecule has 0 radical (unpaired) electrons. The van der Waals surface area contributed by atoms with Crippen LogP contribution >= 0.6 is 0 Å². The molecule has 1 aliphatic carbocycles. The van der Waals surface area contributed by atoms with Crippen molar-refractivity contribution in [3.05, 3.63) is 65.9 Å². The average molecular weight is 494 g/mol. The van der Waals surface area contributed by atoms with E-state index in [1.54, 1.807) is 7.11 Å². The van der Waals surface area contributed by atoms with Crippen LogP contribution in [0, 0.1) is 18.8 Å². The summed E-state index contributed by atoms with van der Waals surface area (Å²) < 4.78 is 19.6. The van der Waals surface area contributed by atoms with Gasteiger partial charge < -0.3 is 19.3 Å². The Balaban J connectivity index is 1.62. The smallest absolute Gasteiger partial charge is 0.227 e. The molecular formula is C29H39N3O4. The fourth-order valence-corrected chi connectivity index (χ4v) is 4.26. The second kappa shape index (κ2) is 12.4. The number of para-hydroxylation sites is 3. The molecule has 2 aromatic carbocycles. The number of hydrogen-bond acceptors (Lipinski definition) is 6. The summed E-state index contributed by atoms with van der Waals surface area (Å²) in [6.45, 7) is 9.34. The number of rotatable bonds is 14. The van der Waals surface area contributed by atoms with E-state index in [1.807, 2.05) is 66.2 Å². The van der Waals surface area contributed by atoms with Crippen molar-refractivity contribution in [2.45, 2.75) is 46.3 Å². The lowest BCUT2D eigenvalue weighted by atomic mass is 10.2. The normalized spacial score (nSPS) is 14.4. The molecule has 1 heterocycles. The highest BCUT2D eigenvalue weighted by molar-refractivity contribution is 5.47. The predicted molar refractivity (Wildman–Crippen MR) is 141 cm³/mol. The Hall–Kier alpha value is -2.87. The van der Waals surface area contributed by atoms with E-state index in [-0.39, 0.29) is 0 Å². The van der Waals surface area contributed by atoms with Crippen LogP contribution in [0.4, 0.5) is 0 Å². The maximum atomic E-state index is 10.7. The number of ether oxygens (including phenoxy) is 3. The maximum absolute atomic E-state index is 10.7. The Labute approximate surface area is 214 Å². The van der Waals surface area contributed by atoms with Gasteiger partial charge in [0.05, 0.1) is 36.8 Å². The number of nitrogens with zero attached hydrogens (tertiary/aromatic N) is 3. The van der Waals surface area contributed by atoms with Crippen LogP contribution in [0.25, 0.3) is 5.69 Å². The number of benzene rings is 2. The van der Waals surface area contributed by atoms with Gasteiger partial charge in [-0.15, -0.1) is 0 Å². The molecule has 1 N–H and O–H groups in total. The van der Waals surface area contributed by atoms with Crippen LogP contribution in [-0.2, 0) is 11.3 Å². The van der Waals surface area contributed by atoms with E-state index in [2.05, 4.69) is 18.7 Å². The molecule has 7 heteroatoms. The first kappa shape index (κ1) is 26.2. The lowest BCUT2D eigenvalue weighted by Gasteiger charge is -2.25. The molecule has 0 saturated heterocycles. The molecule has 7 nitrogen and oxygen atoms in total. The number of aliphatic hydroxyl groups excluding tert-OH is 1. The molecule has 0 bridgehead atoms. The number of aliphatic hydroxyl groups is 1. The quantitative estimate of drug-likeness (QED) is 0.332. The molecule has 1 atom stereocenters. The van der Waals surface area contributed by atoms with Crippen LogP contribution in [0.3, 0.4) is 0 Å². The molecule has 4 rings (SSSR count). The zero-order valence-electron chi connectivity index (χ0n) is 21.9. The fourth-order valence-electron chi connectivity index (χ4n) is 4.26. The van der Waals surface area contributed by atoms with E-state index in [1.165, 1.54) is 12.8 Å². The zero-order valence-corrected chi connectivity index (χ0v) is 21.9. The van der Waals surface area contributed by atoms with Crippen molar-refractivity contribution in [3.63, 3.8) is 0 Å². The van der Waals surface area contributed by atoms with Crippen molar-refractivity contribution in [1.82, 2.24) is 14.7 Å². The average Bonchev–Trinajstić information content (AvgIpc) is 3.63. The minimum atomic E-state index is -0.550. The van der Waals surface area contributed by atoms with Gasteiger partial charge in [-0.25, -0.2) is 4.68 Å². The van der Waals surface area contributed by atoms with Crippen molar-refractivity contribution < 1.29 is 19.3 Å². The minimum absolute atomic E-state index is 0.339. The molecule has 194 valence electrons. The van der Waals surface area contributed by atoms with E-state index < -0.39 is 6.10 Å². The third-order valence-electron chi connectivity index (χ3n) is 6.24. The first-order chi connectivity index (χ1) is 17.4. The van der Waals surface area contributed by atoms with E-state index in [9.17, 15) is 5.11 Å². The molecule has 0 amide bonds. The summed E-state index contributed by atoms with van der Waals surface area (Å²) >= 11 is 0. The van der Waals surface area contributed by atoms with Gasteiger partial charge in [-0.2, -0.15) is 5.10 Å². The van der Waals surface area contributed by atoms with Gasteiger partial charge in [0, 0.05) is 26.2 Å². The van der Waals surface area contributed by atoms with Crippen molar-refractivity contribution >= 4 is 0 Å². The summed E-state index contributed by atoms with van der Waals surface area (Å²) in [5, 5.41) is 15.6. The van der Waals surface area contributed by atoms with Crippen LogP contribution in [0.1, 0.15) is 37.9 Å². The van der Waals surface area contributed by atoms with Gasteiger partial charge >= 0.3 is 0 Å². The SMILES string of the molecule is COc1ccccc1Oc1c(CN(CC(O)COCC(C)C)CC2CC2)c(C)nn1-c1ccccc1. The van der Waals surface area contributed by atoms with Crippen molar-refractivity contribution in [2.75, 3.05) is 33.4 Å². The van der Waals surface area contributed by atoms with Gasteiger partial charge in [0.2, 0.25) is 5.88 Å². The number of aryl methyl sites for hydroxylation is 1. The molecule has 3 aromatic rings. The molecule has 1 saturated carbocycles. The van der Waals surface area contributed by atoms with E-state index >= 15 is 0 Å². The lowest BCUT2D eigenvalue weighted by Crippen LogP contribution is -2.36. The highest BCUT2D eigenvalue weighted by Crippen LogP contribution is 2.37. The van der Waals surface area contributed by atoms with Crippen LogP contribution in [0.5, 0.6) is 17.4 Å². The monoisotopic (exact) mass is 493 g/mol. The molecule has 1 fully saturated rings. The Morgan fingerprint density at radius 3 is 2.39 bits per heavy atom. The van der Waals surface area contributed by atoms with E-state index in [4.69, 9.17) is 19.3 Å². The van der Waals surface area contributed by atoms with Crippen LogP contribution < -0.4 is 9.47 Å².